The lowest BCUT2D eigenvalue weighted by molar-refractivity contribution is -0.157. The maximum Gasteiger partial charge on any atom is 0.0640 e. The van der Waals surface area contributed by atoms with Gasteiger partial charge in [-0.2, -0.15) is 0 Å². The van der Waals surface area contributed by atoms with Crippen molar-refractivity contribution in [3.8, 4) is 0 Å². The average molecular weight is 172 g/mol. The molecule has 0 spiro atoms. The second kappa shape index (κ2) is 3.75. The molecule has 1 rings (SSSR count). The van der Waals surface area contributed by atoms with E-state index in [2.05, 4.69) is 20.8 Å². The zero-order valence-electron chi connectivity index (χ0n) is 8.45. The molecular weight excluding hydrogens is 152 g/mol. The zero-order chi connectivity index (χ0) is 9.30. The molecule has 0 aromatic heterocycles. The van der Waals surface area contributed by atoms with E-state index in [1.165, 1.54) is 0 Å². The molecule has 5 atom stereocenters. The van der Waals surface area contributed by atoms with E-state index in [0.717, 1.165) is 6.42 Å². The highest BCUT2D eigenvalue weighted by atomic mass is 16.5. The van der Waals surface area contributed by atoms with Crippen LogP contribution >= 0.6 is 0 Å². The zero-order valence-corrected chi connectivity index (χ0v) is 8.45. The molecule has 0 aromatic rings. The summed E-state index contributed by atoms with van der Waals surface area (Å²) in [7, 11) is 0. The van der Waals surface area contributed by atoms with Gasteiger partial charge in [-0.15, -0.1) is 0 Å². The molecule has 1 aliphatic heterocycles. The summed E-state index contributed by atoms with van der Waals surface area (Å²) < 4.78 is 5.77. The fourth-order valence-corrected chi connectivity index (χ4v) is 1.97. The van der Waals surface area contributed by atoms with Crippen molar-refractivity contribution in [2.45, 2.75) is 52.4 Å². The van der Waals surface area contributed by atoms with E-state index in [0.29, 0.717) is 0 Å². The van der Waals surface area contributed by atoms with Crippen LogP contribution in [0.25, 0.3) is 0 Å². The molecule has 1 heterocycles. The van der Waals surface area contributed by atoms with Gasteiger partial charge < -0.3 is 9.84 Å². The van der Waals surface area contributed by atoms with Gasteiger partial charge in [-0.05, 0) is 13.3 Å². The molecule has 1 aliphatic rings. The monoisotopic (exact) mass is 172 g/mol. The molecule has 0 radical (unpaired) electrons. The average Bonchev–Trinajstić information content (AvgIpc) is 2.08. The second-order valence-electron chi connectivity index (χ2n) is 4.00. The normalized spacial score (nSPS) is 49.2. The lowest BCUT2D eigenvalue weighted by Gasteiger charge is -2.41. The van der Waals surface area contributed by atoms with E-state index in [1.54, 1.807) is 0 Å². The molecule has 1 saturated heterocycles. The van der Waals surface area contributed by atoms with Gasteiger partial charge in [-0.3, -0.25) is 0 Å². The quantitative estimate of drug-likeness (QED) is 0.653. The predicted octanol–water partition coefficient (Wildman–Crippen LogP) is 1.82. The summed E-state index contributed by atoms with van der Waals surface area (Å²) in [5, 5.41) is 9.84. The maximum atomic E-state index is 9.84. The van der Waals surface area contributed by atoms with Gasteiger partial charge in [-0.1, -0.05) is 20.8 Å². The highest BCUT2D eigenvalue weighted by Crippen LogP contribution is 2.30. The van der Waals surface area contributed by atoms with E-state index in [-0.39, 0.29) is 30.1 Å². The number of rotatable bonds is 1. The first-order valence-corrected chi connectivity index (χ1v) is 4.91. The molecule has 0 unspecified atom stereocenters. The van der Waals surface area contributed by atoms with Crippen LogP contribution in [0.1, 0.15) is 34.1 Å². The van der Waals surface area contributed by atoms with Crippen LogP contribution in [0.4, 0.5) is 0 Å². The Balaban J connectivity index is 2.63. The van der Waals surface area contributed by atoms with Crippen molar-refractivity contribution in [2.24, 2.45) is 11.8 Å². The lowest BCUT2D eigenvalue weighted by atomic mass is 9.82. The van der Waals surface area contributed by atoms with E-state index < -0.39 is 0 Å². The van der Waals surface area contributed by atoms with E-state index in [4.69, 9.17) is 4.74 Å². The van der Waals surface area contributed by atoms with Crippen molar-refractivity contribution >= 4 is 0 Å². The van der Waals surface area contributed by atoms with Crippen molar-refractivity contribution in [1.82, 2.24) is 0 Å². The summed E-state index contributed by atoms with van der Waals surface area (Å²) in [5.41, 5.74) is 0. The van der Waals surface area contributed by atoms with Gasteiger partial charge in [0.05, 0.1) is 18.3 Å². The summed E-state index contributed by atoms with van der Waals surface area (Å²) in [6.07, 6.45) is 1.24. The number of aliphatic hydroxyl groups excluding tert-OH is 1. The van der Waals surface area contributed by atoms with Crippen molar-refractivity contribution in [3.05, 3.63) is 0 Å². The highest BCUT2D eigenvalue weighted by molar-refractivity contribution is 4.85. The molecule has 0 saturated carbocycles. The largest absolute Gasteiger partial charge is 0.392 e. The number of aliphatic hydroxyl groups is 1. The summed E-state index contributed by atoms with van der Waals surface area (Å²) in [6.45, 7) is 8.28. The van der Waals surface area contributed by atoms with E-state index in [9.17, 15) is 5.11 Å². The van der Waals surface area contributed by atoms with Gasteiger partial charge in [0.25, 0.3) is 0 Å². The van der Waals surface area contributed by atoms with Crippen molar-refractivity contribution in [3.63, 3.8) is 0 Å². The Labute approximate surface area is 74.9 Å². The van der Waals surface area contributed by atoms with Crippen molar-refractivity contribution in [2.75, 3.05) is 0 Å². The van der Waals surface area contributed by atoms with Gasteiger partial charge in [0.15, 0.2) is 0 Å². The van der Waals surface area contributed by atoms with Gasteiger partial charge in [0, 0.05) is 11.8 Å². The molecule has 2 heteroatoms. The van der Waals surface area contributed by atoms with Crippen LogP contribution in [-0.4, -0.2) is 23.4 Å². The van der Waals surface area contributed by atoms with Crippen molar-refractivity contribution < 1.29 is 9.84 Å². The third-order valence-electron chi connectivity index (χ3n) is 3.20. The highest BCUT2D eigenvalue weighted by Gasteiger charge is 2.37. The smallest absolute Gasteiger partial charge is 0.0640 e. The minimum absolute atomic E-state index is 0.196. The molecular formula is C10H20O2. The number of hydrogen-bond donors (Lipinski definition) is 1. The standard InChI is InChI=1S/C10H20O2/c1-5-9-7(3)10(11)6(2)8(4)12-9/h6-11H,5H2,1-4H3/t6-,7-,8-,9-,10+/m1/s1. The van der Waals surface area contributed by atoms with Crippen LogP contribution in [0.5, 0.6) is 0 Å². The molecule has 0 aliphatic carbocycles. The minimum atomic E-state index is -0.196. The Morgan fingerprint density at radius 1 is 1.17 bits per heavy atom. The fraction of sp³-hybridized carbons (Fsp3) is 1.00. The van der Waals surface area contributed by atoms with E-state index >= 15 is 0 Å². The van der Waals surface area contributed by atoms with Gasteiger partial charge >= 0.3 is 0 Å². The third kappa shape index (κ3) is 1.64. The van der Waals surface area contributed by atoms with Gasteiger partial charge in [0.2, 0.25) is 0 Å². The van der Waals surface area contributed by atoms with Crippen molar-refractivity contribution in [1.29, 1.82) is 0 Å². The number of hydrogen-bond acceptors (Lipinski definition) is 2. The Morgan fingerprint density at radius 3 is 2.25 bits per heavy atom. The topological polar surface area (TPSA) is 29.5 Å². The Morgan fingerprint density at radius 2 is 1.75 bits per heavy atom. The SMILES string of the molecule is CC[C@H]1O[C@H](C)[C@@H](C)[C@H](O)[C@@H]1C. The molecule has 2 nitrogen and oxygen atoms in total. The maximum absolute atomic E-state index is 9.84. The Kier molecular flexibility index (Phi) is 3.13. The summed E-state index contributed by atoms with van der Waals surface area (Å²) in [6, 6.07) is 0. The van der Waals surface area contributed by atoms with E-state index in [1.807, 2.05) is 6.92 Å². The summed E-state index contributed by atoms with van der Waals surface area (Å²) in [4.78, 5) is 0. The summed E-state index contributed by atoms with van der Waals surface area (Å²) >= 11 is 0. The Hall–Kier alpha value is -0.0800. The molecule has 1 fully saturated rings. The first-order valence-electron chi connectivity index (χ1n) is 4.91. The molecule has 72 valence electrons. The van der Waals surface area contributed by atoms with Crippen LogP contribution in [0.2, 0.25) is 0 Å². The molecule has 0 aromatic carbocycles. The fourth-order valence-electron chi connectivity index (χ4n) is 1.97. The summed E-state index contributed by atoms with van der Waals surface area (Å²) in [5.74, 6) is 0.545. The predicted molar refractivity (Wildman–Crippen MR) is 49.0 cm³/mol. The lowest BCUT2D eigenvalue weighted by Crippen LogP contribution is -2.47. The van der Waals surface area contributed by atoms with Crippen LogP contribution in [0.15, 0.2) is 0 Å². The van der Waals surface area contributed by atoms with Gasteiger partial charge in [-0.25, -0.2) is 0 Å². The molecule has 0 bridgehead atoms. The first-order chi connectivity index (χ1) is 5.57. The van der Waals surface area contributed by atoms with Crippen LogP contribution in [0, 0.1) is 11.8 Å². The van der Waals surface area contributed by atoms with Crippen LogP contribution < -0.4 is 0 Å². The Bertz CT molecular complexity index is 142. The minimum Gasteiger partial charge on any atom is -0.392 e. The second-order valence-corrected chi connectivity index (χ2v) is 4.00. The first kappa shape index (κ1) is 10.0. The molecule has 12 heavy (non-hydrogen) atoms. The third-order valence-corrected chi connectivity index (χ3v) is 3.20. The van der Waals surface area contributed by atoms with Gasteiger partial charge in [0.1, 0.15) is 0 Å². The molecule has 1 N–H and O–H groups in total. The van der Waals surface area contributed by atoms with Crippen LogP contribution in [-0.2, 0) is 4.74 Å². The molecule has 0 amide bonds. The van der Waals surface area contributed by atoms with Crippen LogP contribution in [0.3, 0.4) is 0 Å². The number of ether oxygens (including phenoxy) is 1.